The Hall–Kier alpha value is -0.800. The first-order valence-electron chi connectivity index (χ1n) is 5.97. The standard InChI is InChI=1S/C13H17ClFNO/c1-9(7-16-10-5-6-10)8-17-13-11(14)3-2-4-12(13)15/h2-4,9-10,16H,5-8H2,1H3. The Kier molecular flexibility index (Phi) is 4.24. The summed E-state index contributed by atoms with van der Waals surface area (Å²) in [6.45, 7) is 3.45. The van der Waals surface area contributed by atoms with Crippen molar-refractivity contribution >= 4 is 11.6 Å². The first-order chi connectivity index (χ1) is 8.16. The van der Waals surface area contributed by atoms with Crippen molar-refractivity contribution < 1.29 is 9.13 Å². The molecule has 94 valence electrons. The van der Waals surface area contributed by atoms with Gasteiger partial charge in [-0.15, -0.1) is 0 Å². The fourth-order valence-corrected chi connectivity index (χ4v) is 1.78. The zero-order valence-electron chi connectivity index (χ0n) is 9.88. The molecular weight excluding hydrogens is 241 g/mol. The van der Waals surface area contributed by atoms with Crippen LogP contribution in [0.1, 0.15) is 19.8 Å². The highest BCUT2D eigenvalue weighted by Gasteiger charge is 2.21. The van der Waals surface area contributed by atoms with Crippen molar-refractivity contribution in [2.24, 2.45) is 5.92 Å². The van der Waals surface area contributed by atoms with Crippen molar-refractivity contribution in [2.75, 3.05) is 13.2 Å². The van der Waals surface area contributed by atoms with Crippen molar-refractivity contribution in [1.82, 2.24) is 5.32 Å². The van der Waals surface area contributed by atoms with Gasteiger partial charge < -0.3 is 10.1 Å². The van der Waals surface area contributed by atoms with Gasteiger partial charge in [-0.2, -0.15) is 0 Å². The lowest BCUT2D eigenvalue weighted by Gasteiger charge is -2.14. The maximum Gasteiger partial charge on any atom is 0.173 e. The van der Waals surface area contributed by atoms with Gasteiger partial charge in [-0.05, 0) is 25.0 Å². The van der Waals surface area contributed by atoms with Crippen LogP contribution in [-0.4, -0.2) is 19.2 Å². The summed E-state index contributed by atoms with van der Waals surface area (Å²) in [5.41, 5.74) is 0. The lowest BCUT2D eigenvalue weighted by molar-refractivity contribution is 0.245. The van der Waals surface area contributed by atoms with Crippen LogP contribution in [0, 0.1) is 11.7 Å². The van der Waals surface area contributed by atoms with Gasteiger partial charge in [0.05, 0.1) is 11.6 Å². The normalized spacial score (nSPS) is 16.9. The van der Waals surface area contributed by atoms with E-state index in [1.165, 1.54) is 18.9 Å². The van der Waals surface area contributed by atoms with E-state index in [-0.39, 0.29) is 5.75 Å². The van der Waals surface area contributed by atoms with Gasteiger partial charge in [0.15, 0.2) is 11.6 Å². The molecule has 17 heavy (non-hydrogen) atoms. The van der Waals surface area contributed by atoms with E-state index in [4.69, 9.17) is 16.3 Å². The van der Waals surface area contributed by atoms with E-state index in [2.05, 4.69) is 12.2 Å². The Bertz CT molecular complexity index is 361. The molecule has 0 radical (unpaired) electrons. The van der Waals surface area contributed by atoms with Crippen LogP contribution in [0.3, 0.4) is 0 Å². The number of para-hydroxylation sites is 1. The predicted molar refractivity (Wildman–Crippen MR) is 67.1 cm³/mol. The van der Waals surface area contributed by atoms with Crippen molar-refractivity contribution in [3.8, 4) is 5.75 Å². The van der Waals surface area contributed by atoms with E-state index < -0.39 is 5.82 Å². The molecule has 0 spiro atoms. The molecule has 2 rings (SSSR count). The average molecular weight is 258 g/mol. The number of rotatable bonds is 6. The second kappa shape index (κ2) is 5.69. The van der Waals surface area contributed by atoms with Crippen molar-refractivity contribution in [1.29, 1.82) is 0 Å². The highest BCUT2D eigenvalue weighted by atomic mass is 35.5. The Morgan fingerprint density at radius 1 is 1.53 bits per heavy atom. The van der Waals surface area contributed by atoms with E-state index in [9.17, 15) is 4.39 Å². The summed E-state index contributed by atoms with van der Waals surface area (Å²) in [7, 11) is 0. The minimum absolute atomic E-state index is 0.160. The molecule has 1 aromatic rings. The van der Waals surface area contributed by atoms with Crippen LogP contribution < -0.4 is 10.1 Å². The molecule has 1 fully saturated rings. The van der Waals surface area contributed by atoms with Crippen LogP contribution >= 0.6 is 11.6 Å². The van der Waals surface area contributed by atoms with Gasteiger partial charge >= 0.3 is 0 Å². The molecule has 0 aliphatic heterocycles. The molecule has 1 aliphatic rings. The summed E-state index contributed by atoms with van der Waals surface area (Å²) in [6.07, 6.45) is 2.54. The van der Waals surface area contributed by atoms with E-state index in [1.54, 1.807) is 12.1 Å². The van der Waals surface area contributed by atoms with Gasteiger partial charge in [0.25, 0.3) is 0 Å². The number of ether oxygens (including phenoxy) is 1. The van der Waals surface area contributed by atoms with Crippen molar-refractivity contribution in [2.45, 2.75) is 25.8 Å². The monoisotopic (exact) mass is 257 g/mol. The second-order valence-electron chi connectivity index (χ2n) is 4.65. The maximum atomic E-state index is 13.4. The molecule has 1 unspecified atom stereocenters. The molecule has 0 amide bonds. The maximum absolute atomic E-state index is 13.4. The number of hydrogen-bond acceptors (Lipinski definition) is 2. The Morgan fingerprint density at radius 2 is 2.29 bits per heavy atom. The van der Waals surface area contributed by atoms with E-state index >= 15 is 0 Å². The van der Waals surface area contributed by atoms with Crippen molar-refractivity contribution in [3.63, 3.8) is 0 Å². The molecule has 0 heterocycles. The van der Waals surface area contributed by atoms with Crippen LogP contribution in [0.5, 0.6) is 5.75 Å². The van der Waals surface area contributed by atoms with Crippen LogP contribution in [0.4, 0.5) is 4.39 Å². The molecule has 1 N–H and O–H groups in total. The molecule has 1 atom stereocenters. The fraction of sp³-hybridized carbons (Fsp3) is 0.538. The summed E-state index contributed by atoms with van der Waals surface area (Å²) < 4.78 is 18.8. The largest absolute Gasteiger partial charge is 0.489 e. The summed E-state index contributed by atoms with van der Waals surface area (Å²) in [6, 6.07) is 5.25. The first kappa shape index (κ1) is 12.7. The smallest absolute Gasteiger partial charge is 0.173 e. The summed E-state index contributed by atoms with van der Waals surface area (Å²) in [5.74, 6) is 0.0959. The summed E-state index contributed by atoms with van der Waals surface area (Å²) in [5, 5.41) is 3.74. The Labute approximate surface area is 106 Å². The third kappa shape index (κ3) is 3.86. The lowest BCUT2D eigenvalue weighted by Crippen LogP contribution is -2.26. The molecule has 1 aromatic carbocycles. The van der Waals surface area contributed by atoms with Gasteiger partial charge in [0.1, 0.15) is 0 Å². The van der Waals surface area contributed by atoms with Gasteiger partial charge in [0, 0.05) is 18.5 Å². The van der Waals surface area contributed by atoms with Crippen LogP contribution in [0.15, 0.2) is 18.2 Å². The number of hydrogen-bond donors (Lipinski definition) is 1. The first-order valence-corrected chi connectivity index (χ1v) is 6.35. The number of benzene rings is 1. The quantitative estimate of drug-likeness (QED) is 0.845. The van der Waals surface area contributed by atoms with E-state index in [0.717, 1.165) is 6.54 Å². The molecular formula is C13H17ClFNO. The van der Waals surface area contributed by atoms with E-state index in [0.29, 0.717) is 23.6 Å². The van der Waals surface area contributed by atoms with E-state index in [1.807, 2.05) is 0 Å². The third-order valence-electron chi connectivity index (χ3n) is 2.76. The van der Waals surface area contributed by atoms with Crippen LogP contribution in [0.2, 0.25) is 5.02 Å². The topological polar surface area (TPSA) is 21.3 Å². The molecule has 1 saturated carbocycles. The number of nitrogens with one attached hydrogen (secondary N) is 1. The van der Waals surface area contributed by atoms with Gasteiger partial charge in [0.2, 0.25) is 0 Å². The van der Waals surface area contributed by atoms with Gasteiger partial charge in [-0.3, -0.25) is 0 Å². The second-order valence-corrected chi connectivity index (χ2v) is 5.06. The predicted octanol–water partition coefficient (Wildman–Crippen LogP) is 3.25. The van der Waals surface area contributed by atoms with Gasteiger partial charge in [-0.1, -0.05) is 24.6 Å². The highest BCUT2D eigenvalue weighted by Crippen LogP contribution is 2.27. The minimum atomic E-state index is -0.403. The molecule has 0 saturated heterocycles. The third-order valence-corrected chi connectivity index (χ3v) is 3.06. The highest BCUT2D eigenvalue weighted by molar-refractivity contribution is 6.32. The SMILES string of the molecule is CC(CNC1CC1)COc1c(F)cccc1Cl. The summed E-state index contributed by atoms with van der Waals surface area (Å²) >= 11 is 5.87. The van der Waals surface area contributed by atoms with Crippen LogP contribution in [0.25, 0.3) is 0 Å². The zero-order valence-corrected chi connectivity index (χ0v) is 10.6. The zero-order chi connectivity index (χ0) is 12.3. The van der Waals surface area contributed by atoms with Gasteiger partial charge in [-0.25, -0.2) is 4.39 Å². The molecule has 1 aliphatic carbocycles. The Balaban J connectivity index is 1.79. The molecule has 2 nitrogen and oxygen atoms in total. The molecule has 4 heteroatoms. The Morgan fingerprint density at radius 3 is 2.94 bits per heavy atom. The molecule has 0 bridgehead atoms. The van der Waals surface area contributed by atoms with Crippen LogP contribution in [-0.2, 0) is 0 Å². The van der Waals surface area contributed by atoms with Crippen molar-refractivity contribution in [3.05, 3.63) is 29.0 Å². The molecule has 0 aromatic heterocycles. The lowest BCUT2D eigenvalue weighted by atomic mass is 10.2. The fourth-order valence-electron chi connectivity index (χ4n) is 1.56. The minimum Gasteiger partial charge on any atom is -0.489 e. The number of halogens is 2. The summed E-state index contributed by atoms with van der Waals surface area (Å²) in [4.78, 5) is 0. The average Bonchev–Trinajstić information content (AvgIpc) is 3.09.